The van der Waals surface area contributed by atoms with Gasteiger partial charge in [0, 0.05) is 6.54 Å². The molecular formula is C13H30N2. The third kappa shape index (κ3) is 10.2. The van der Waals surface area contributed by atoms with Crippen LogP contribution in [0.4, 0.5) is 0 Å². The maximum atomic E-state index is 2.32. The van der Waals surface area contributed by atoms with E-state index in [0.29, 0.717) is 0 Å². The average molecular weight is 214 g/mol. The standard InChI is InChI=1S/C9H19N.C4H11N/c1-10(2)8-9-6-4-3-5-7-9;1-4-5(2)3/h9H,3-8H2,1-2H3;4H2,1-3H3. The van der Waals surface area contributed by atoms with Gasteiger partial charge in [0.25, 0.3) is 0 Å². The summed E-state index contributed by atoms with van der Waals surface area (Å²) in [4.78, 5) is 4.44. The lowest BCUT2D eigenvalue weighted by Crippen LogP contribution is -2.23. The molecule has 0 aliphatic heterocycles. The van der Waals surface area contributed by atoms with Crippen molar-refractivity contribution in [2.24, 2.45) is 5.92 Å². The molecule has 1 saturated carbocycles. The molecule has 1 aliphatic carbocycles. The summed E-state index contributed by atoms with van der Waals surface area (Å²) in [5, 5.41) is 0. The second-order valence-electron chi connectivity index (χ2n) is 5.16. The molecule has 1 aliphatic rings. The number of rotatable bonds is 3. The predicted octanol–water partition coefficient (Wildman–Crippen LogP) is 2.70. The van der Waals surface area contributed by atoms with Gasteiger partial charge in [-0.05, 0) is 53.5 Å². The van der Waals surface area contributed by atoms with Crippen molar-refractivity contribution in [3.8, 4) is 0 Å². The van der Waals surface area contributed by atoms with Gasteiger partial charge in [-0.1, -0.05) is 26.2 Å². The van der Waals surface area contributed by atoms with E-state index < -0.39 is 0 Å². The van der Waals surface area contributed by atoms with Crippen molar-refractivity contribution in [2.45, 2.75) is 39.0 Å². The molecule has 0 aromatic rings. The van der Waals surface area contributed by atoms with E-state index in [-0.39, 0.29) is 0 Å². The molecule has 0 radical (unpaired) electrons. The quantitative estimate of drug-likeness (QED) is 0.713. The Hall–Kier alpha value is -0.0800. The van der Waals surface area contributed by atoms with Crippen molar-refractivity contribution in [2.75, 3.05) is 41.3 Å². The van der Waals surface area contributed by atoms with Crippen molar-refractivity contribution in [1.29, 1.82) is 0 Å². The summed E-state index contributed by atoms with van der Waals surface area (Å²) >= 11 is 0. The topological polar surface area (TPSA) is 6.48 Å². The molecule has 2 heteroatoms. The van der Waals surface area contributed by atoms with Gasteiger partial charge in [0.15, 0.2) is 0 Å². The van der Waals surface area contributed by atoms with E-state index in [4.69, 9.17) is 0 Å². The number of nitrogens with zero attached hydrogens (tertiary/aromatic N) is 2. The van der Waals surface area contributed by atoms with Crippen LogP contribution in [0.15, 0.2) is 0 Å². The summed E-state index contributed by atoms with van der Waals surface area (Å²) < 4.78 is 0. The van der Waals surface area contributed by atoms with Crippen LogP contribution in [0.2, 0.25) is 0 Å². The zero-order chi connectivity index (χ0) is 11.7. The van der Waals surface area contributed by atoms with Crippen LogP contribution in [0.3, 0.4) is 0 Å². The Morgan fingerprint density at radius 3 is 1.67 bits per heavy atom. The first-order valence-electron chi connectivity index (χ1n) is 6.35. The van der Waals surface area contributed by atoms with Crippen LogP contribution in [0.5, 0.6) is 0 Å². The molecule has 0 spiro atoms. The SMILES string of the molecule is CCN(C)C.CN(C)CC1CCCCC1. The van der Waals surface area contributed by atoms with Gasteiger partial charge < -0.3 is 9.80 Å². The van der Waals surface area contributed by atoms with E-state index in [0.717, 1.165) is 12.5 Å². The van der Waals surface area contributed by atoms with Gasteiger partial charge in [0.1, 0.15) is 0 Å². The van der Waals surface area contributed by atoms with Gasteiger partial charge in [-0.15, -0.1) is 0 Å². The highest BCUT2D eigenvalue weighted by Crippen LogP contribution is 2.23. The molecule has 2 nitrogen and oxygen atoms in total. The van der Waals surface area contributed by atoms with Crippen LogP contribution in [0.1, 0.15) is 39.0 Å². The van der Waals surface area contributed by atoms with Crippen molar-refractivity contribution >= 4 is 0 Å². The summed E-state index contributed by atoms with van der Waals surface area (Å²) in [6.07, 6.45) is 7.36. The molecule has 0 amide bonds. The fraction of sp³-hybridized carbons (Fsp3) is 1.00. The van der Waals surface area contributed by atoms with Crippen LogP contribution >= 0.6 is 0 Å². The molecule has 0 atom stereocenters. The monoisotopic (exact) mass is 214 g/mol. The Morgan fingerprint density at radius 2 is 1.33 bits per heavy atom. The number of hydrogen-bond donors (Lipinski definition) is 0. The van der Waals surface area contributed by atoms with E-state index in [1.54, 1.807) is 0 Å². The van der Waals surface area contributed by atoms with E-state index in [1.165, 1.54) is 38.6 Å². The molecule has 0 aromatic carbocycles. The minimum Gasteiger partial charge on any atom is -0.310 e. The molecule has 0 aromatic heterocycles. The Morgan fingerprint density at radius 1 is 0.867 bits per heavy atom. The first-order chi connectivity index (χ1) is 7.06. The maximum Gasteiger partial charge on any atom is 0.000356 e. The zero-order valence-corrected chi connectivity index (χ0v) is 11.4. The highest BCUT2D eigenvalue weighted by molar-refractivity contribution is 4.67. The summed E-state index contributed by atoms with van der Waals surface area (Å²) in [5.74, 6) is 1.00. The van der Waals surface area contributed by atoms with Crippen LogP contribution in [-0.4, -0.2) is 51.1 Å². The molecule has 15 heavy (non-hydrogen) atoms. The third-order valence-electron chi connectivity index (χ3n) is 2.98. The van der Waals surface area contributed by atoms with Crippen LogP contribution in [0, 0.1) is 5.92 Å². The molecule has 92 valence electrons. The fourth-order valence-electron chi connectivity index (χ4n) is 1.89. The van der Waals surface area contributed by atoms with E-state index in [2.05, 4.69) is 44.9 Å². The highest BCUT2D eigenvalue weighted by Gasteiger charge is 2.13. The molecule has 0 unspecified atom stereocenters. The Balaban J connectivity index is 0.000000336. The van der Waals surface area contributed by atoms with Crippen LogP contribution in [-0.2, 0) is 0 Å². The molecule has 1 rings (SSSR count). The van der Waals surface area contributed by atoms with Gasteiger partial charge in [0.05, 0.1) is 0 Å². The highest BCUT2D eigenvalue weighted by atomic mass is 15.1. The maximum absolute atomic E-state index is 2.32. The minimum absolute atomic E-state index is 1.00. The van der Waals surface area contributed by atoms with Crippen molar-refractivity contribution in [3.63, 3.8) is 0 Å². The molecular weight excluding hydrogens is 184 g/mol. The van der Waals surface area contributed by atoms with Gasteiger partial charge in [0.2, 0.25) is 0 Å². The molecule has 0 heterocycles. The fourth-order valence-corrected chi connectivity index (χ4v) is 1.89. The lowest BCUT2D eigenvalue weighted by Gasteiger charge is -2.24. The number of hydrogen-bond acceptors (Lipinski definition) is 2. The molecule has 0 N–H and O–H groups in total. The lowest BCUT2D eigenvalue weighted by atomic mass is 9.89. The van der Waals surface area contributed by atoms with Gasteiger partial charge in [-0.2, -0.15) is 0 Å². The van der Waals surface area contributed by atoms with Gasteiger partial charge in [-0.3, -0.25) is 0 Å². The predicted molar refractivity (Wildman–Crippen MR) is 69.4 cm³/mol. The largest absolute Gasteiger partial charge is 0.310 e. The van der Waals surface area contributed by atoms with Gasteiger partial charge in [-0.25, -0.2) is 0 Å². The van der Waals surface area contributed by atoms with Gasteiger partial charge >= 0.3 is 0 Å². The summed E-state index contributed by atoms with van der Waals surface area (Å²) in [5.41, 5.74) is 0. The summed E-state index contributed by atoms with van der Waals surface area (Å²) in [6.45, 7) is 4.57. The molecule has 0 saturated heterocycles. The normalized spacial score (nSPS) is 17.8. The minimum atomic E-state index is 1.00. The molecule has 0 bridgehead atoms. The van der Waals surface area contributed by atoms with E-state index >= 15 is 0 Å². The third-order valence-corrected chi connectivity index (χ3v) is 2.98. The van der Waals surface area contributed by atoms with Crippen molar-refractivity contribution < 1.29 is 0 Å². The second-order valence-corrected chi connectivity index (χ2v) is 5.16. The molecule has 1 fully saturated rings. The van der Waals surface area contributed by atoms with E-state index in [1.807, 2.05) is 0 Å². The van der Waals surface area contributed by atoms with E-state index in [9.17, 15) is 0 Å². The Labute approximate surface area is 96.6 Å². The Kier molecular flexibility index (Phi) is 9.12. The van der Waals surface area contributed by atoms with Crippen molar-refractivity contribution in [1.82, 2.24) is 9.80 Å². The zero-order valence-electron chi connectivity index (χ0n) is 11.4. The first kappa shape index (κ1) is 14.9. The summed E-state index contributed by atoms with van der Waals surface area (Å²) in [7, 11) is 8.46. The van der Waals surface area contributed by atoms with Crippen LogP contribution in [0.25, 0.3) is 0 Å². The second kappa shape index (κ2) is 9.17. The first-order valence-corrected chi connectivity index (χ1v) is 6.35. The smallest absolute Gasteiger partial charge is 0.000356 e. The summed E-state index contributed by atoms with van der Waals surface area (Å²) in [6, 6.07) is 0. The lowest BCUT2D eigenvalue weighted by molar-refractivity contribution is 0.264. The van der Waals surface area contributed by atoms with Crippen LogP contribution < -0.4 is 0 Å². The average Bonchev–Trinajstić information content (AvgIpc) is 2.19. The Bertz CT molecular complexity index is 126. The van der Waals surface area contributed by atoms with Crippen molar-refractivity contribution in [3.05, 3.63) is 0 Å².